The Balaban J connectivity index is 0.00000200. The van der Waals surface area contributed by atoms with Crippen LogP contribution >= 0.6 is 12.4 Å². The van der Waals surface area contributed by atoms with E-state index in [9.17, 15) is 5.11 Å². The van der Waals surface area contributed by atoms with Crippen molar-refractivity contribution in [3.63, 3.8) is 0 Å². The third-order valence-corrected chi connectivity index (χ3v) is 4.07. The molecule has 1 aromatic rings. The van der Waals surface area contributed by atoms with Crippen molar-refractivity contribution in [3.8, 4) is 5.75 Å². The van der Waals surface area contributed by atoms with Gasteiger partial charge in [-0.15, -0.1) is 12.4 Å². The molecule has 1 aliphatic rings. The Bertz CT molecular complexity index is 394. The second kappa shape index (κ2) is 8.50. The van der Waals surface area contributed by atoms with E-state index in [-0.39, 0.29) is 12.4 Å². The molecular formula is C16H26ClNO2. The molecule has 0 bridgehead atoms. The largest absolute Gasteiger partial charge is 0.508 e. The van der Waals surface area contributed by atoms with E-state index in [1.807, 2.05) is 12.1 Å². The summed E-state index contributed by atoms with van der Waals surface area (Å²) in [6.45, 7) is 9.45. The van der Waals surface area contributed by atoms with Crippen molar-refractivity contribution in [3.05, 3.63) is 29.8 Å². The highest BCUT2D eigenvalue weighted by molar-refractivity contribution is 5.85. The summed E-state index contributed by atoms with van der Waals surface area (Å²) in [5.74, 6) is 1.47. The lowest BCUT2D eigenvalue weighted by atomic mass is 9.84. The first-order valence-electron chi connectivity index (χ1n) is 7.29. The number of phenolic OH excluding ortho intramolecular Hbond substituents is 1. The van der Waals surface area contributed by atoms with Crippen molar-refractivity contribution in [1.82, 2.24) is 4.90 Å². The van der Waals surface area contributed by atoms with Gasteiger partial charge in [0, 0.05) is 19.6 Å². The van der Waals surface area contributed by atoms with Crippen molar-refractivity contribution >= 4 is 12.4 Å². The highest BCUT2D eigenvalue weighted by atomic mass is 35.5. The van der Waals surface area contributed by atoms with E-state index in [0.29, 0.717) is 17.6 Å². The monoisotopic (exact) mass is 299 g/mol. The Hall–Kier alpha value is -0.770. The van der Waals surface area contributed by atoms with Crippen molar-refractivity contribution in [2.75, 3.05) is 32.8 Å². The Morgan fingerprint density at radius 2 is 2.00 bits per heavy atom. The van der Waals surface area contributed by atoms with E-state index in [4.69, 9.17) is 4.74 Å². The smallest absolute Gasteiger partial charge is 0.115 e. The topological polar surface area (TPSA) is 32.7 Å². The zero-order valence-corrected chi connectivity index (χ0v) is 13.2. The van der Waals surface area contributed by atoms with Crippen LogP contribution in [0.3, 0.4) is 0 Å². The van der Waals surface area contributed by atoms with Crippen LogP contribution in [0.2, 0.25) is 0 Å². The number of hydrogen-bond acceptors (Lipinski definition) is 3. The molecule has 114 valence electrons. The normalized spacial score (nSPS) is 19.1. The molecule has 0 saturated carbocycles. The van der Waals surface area contributed by atoms with E-state index < -0.39 is 0 Å². The molecule has 1 aliphatic heterocycles. The van der Waals surface area contributed by atoms with Gasteiger partial charge in [0.05, 0.1) is 13.2 Å². The molecule has 4 heteroatoms. The lowest BCUT2D eigenvalue weighted by Gasteiger charge is -2.32. The van der Waals surface area contributed by atoms with Crippen molar-refractivity contribution in [1.29, 1.82) is 0 Å². The van der Waals surface area contributed by atoms with Gasteiger partial charge < -0.3 is 9.84 Å². The average molecular weight is 300 g/mol. The summed E-state index contributed by atoms with van der Waals surface area (Å²) in [6, 6.07) is 7.71. The summed E-state index contributed by atoms with van der Waals surface area (Å²) in [7, 11) is 0. The van der Waals surface area contributed by atoms with Crippen LogP contribution in [0.25, 0.3) is 0 Å². The van der Waals surface area contributed by atoms with Crippen molar-refractivity contribution in [2.24, 2.45) is 5.92 Å². The molecule has 20 heavy (non-hydrogen) atoms. The van der Waals surface area contributed by atoms with E-state index in [1.165, 1.54) is 5.56 Å². The summed E-state index contributed by atoms with van der Waals surface area (Å²) in [5.41, 5.74) is 1.25. The Morgan fingerprint density at radius 1 is 1.30 bits per heavy atom. The molecule has 1 aromatic carbocycles. The quantitative estimate of drug-likeness (QED) is 0.906. The van der Waals surface area contributed by atoms with Gasteiger partial charge in [-0.2, -0.15) is 0 Å². The highest BCUT2D eigenvalue weighted by Crippen LogP contribution is 2.30. The number of phenols is 1. The first kappa shape index (κ1) is 17.3. The maximum Gasteiger partial charge on any atom is 0.115 e. The maximum absolute atomic E-state index is 9.63. The van der Waals surface area contributed by atoms with E-state index in [2.05, 4.69) is 24.8 Å². The van der Waals surface area contributed by atoms with Gasteiger partial charge in [-0.3, -0.25) is 4.90 Å². The Labute approximate surface area is 128 Å². The van der Waals surface area contributed by atoms with Gasteiger partial charge in [-0.1, -0.05) is 26.0 Å². The summed E-state index contributed by atoms with van der Waals surface area (Å²) in [6.07, 6.45) is 1.11. The number of aromatic hydroxyl groups is 1. The number of halogens is 1. The predicted octanol–water partition coefficient (Wildman–Crippen LogP) is 3.28. The molecule has 0 aliphatic carbocycles. The van der Waals surface area contributed by atoms with Gasteiger partial charge in [-0.25, -0.2) is 0 Å². The van der Waals surface area contributed by atoms with Crippen LogP contribution in [-0.4, -0.2) is 42.9 Å². The lowest BCUT2D eigenvalue weighted by Crippen LogP contribution is -2.39. The van der Waals surface area contributed by atoms with Crippen LogP contribution in [0, 0.1) is 5.92 Å². The van der Waals surface area contributed by atoms with Gasteiger partial charge in [-0.05, 0) is 36.0 Å². The van der Waals surface area contributed by atoms with Crippen LogP contribution in [0.15, 0.2) is 24.3 Å². The number of hydrogen-bond donors (Lipinski definition) is 1. The van der Waals surface area contributed by atoms with Crippen LogP contribution in [0.4, 0.5) is 0 Å². The minimum Gasteiger partial charge on any atom is -0.508 e. The van der Waals surface area contributed by atoms with E-state index in [1.54, 1.807) is 6.07 Å². The predicted molar refractivity (Wildman–Crippen MR) is 84.8 cm³/mol. The minimum absolute atomic E-state index is 0. The molecule has 3 nitrogen and oxygen atoms in total. The molecule has 0 radical (unpaired) electrons. The molecule has 1 fully saturated rings. The maximum atomic E-state index is 9.63. The van der Waals surface area contributed by atoms with Crippen LogP contribution in [-0.2, 0) is 4.74 Å². The van der Waals surface area contributed by atoms with Gasteiger partial charge in [0.1, 0.15) is 5.75 Å². The molecule has 0 unspecified atom stereocenters. The van der Waals surface area contributed by atoms with Gasteiger partial charge in [0.15, 0.2) is 0 Å². The highest BCUT2D eigenvalue weighted by Gasteiger charge is 2.21. The van der Waals surface area contributed by atoms with Crippen LogP contribution < -0.4 is 0 Å². The molecule has 2 atom stereocenters. The van der Waals surface area contributed by atoms with Crippen LogP contribution in [0.1, 0.15) is 31.7 Å². The minimum atomic E-state index is 0. The standard InChI is InChI=1S/C16H25NO2.ClH/c1-3-16(14-5-4-6-15(18)11-14)13(2)12-17-7-9-19-10-8-17;/h4-6,11,13,16,18H,3,7-10,12H2,1-2H3;1H/t13-,16+;/m0./s1. The van der Waals surface area contributed by atoms with E-state index >= 15 is 0 Å². The first-order valence-corrected chi connectivity index (χ1v) is 7.29. The average Bonchev–Trinajstić information content (AvgIpc) is 2.41. The fourth-order valence-electron chi connectivity index (χ4n) is 3.04. The molecule has 2 rings (SSSR count). The molecule has 1 N–H and O–H groups in total. The third kappa shape index (κ3) is 4.65. The zero-order valence-electron chi connectivity index (χ0n) is 12.4. The first-order chi connectivity index (χ1) is 9.20. The Morgan fingerprint density at radius 3 is 2.60 bits per heavy atom. The fraction of sp³-hybridized carbons (Fsp3) is 0.625. The van der Waals surface area contributed by atoms with Gasteiger partial charge in [0.25, 0.3) is 0 Å². The number of morpholine rings is 1. The summed E-state index contributed by atoms with van der Waals surface area (Å²) in [5, 5.41) is 9.63. The number of nitrogens with zero attached hydrogens (tertiary/aromatic N) is 1. The number of rotatable bonds is 5. The molecule has 1 saturated heterocycles. The summed E-state index contributed by atoms with van der Waals surface area (Å²) < 4.78 is 5.39. The molecule has 0 amide bonds. The second-order valence-corrected chi connectivity index (χ2v) is 5.50. The van der Waals surface area contributed by atoms with Crippen LogP contribution in [0.5, 0.6) is 5.75 Å². The molecule has 0 aromatic heterocycles. The third-order valence-electron chi connectivity index (χ3n) is 4.07. The second-order valence-electron chi connectivity index (χ2n) is 5.50. The summed E-state index contributed by atoms with van der Waals surface area (Å²) in [4.78, 5) is 2.49. The van der Waals surface area contributed by atoms with Crippen molar-refractivity contribution < 1.29 is 9.84 Å². The zero-order chi connectivity index (χ0) is 13.7. The van der Waals surface area contributed by atoms with Gasteiger partial charge in [0.2, 0.25) is 0 Å². The number of benzene rings is 1. The van der Waals surface area contributed by atoms with Crippen molar-refractivity contribution in [2.45, 2.75) is 26.2 Å². The number of ether oxygens (including phenoxy) is 1. The Kier molecular flexibility index (Phi) is 7.35. The fourth-order valence-corrected chi connectivity index (χ4v) is 3.04. The van der Waals surface area contributed by atoms with Gasteiger partial charge >= 0.3 is 0 Å². The van der Waals surface area contributed by atoms with E-state index in [0.717, 1.165) is 39.3 Å². The lowest BCUT2D eigenvalue weighted by molar-refractivity contribution is 0.0298. The SMILES string of the molecule is CC[C@@H](c1cccc(O)c1)[C@@H](C)CN1CCOCC1.Cl. The molecule has 0 spiro atoms. The molecule has 1 heterocycles. The summed E-state index contributed by atoms with van der Waals surface area (Å²) >= 11 is 0. The molecular weight excluding hydrogens is 274 g/mol.